The molecule has 0 fully saturated rings. The van der Waals surface area contributed by atoms with Crippen LogP contribution in [-0.2, 0) is 4.57 Å². The fourth-order valence-electron chi connectivity index (χ4n) is 2.75. The predicted molar refractivity (Wildman–Crippen MR) is 90.7 cm³/mol. The maximum Gasteiger partial charge on any atom is 0.133 e. The zero-order valence-corrected chi connectivity index (χ0v) is 13.7. The van der Waals surface area contributed by atoms with E-state index in [1.165, 1.54) is 6.07 Å². The fourth-order valence-corrected chi connectivity index (χ4v) is 3.15. The number of phosphoric ester groups is 1. The smallest absolute Gasteiger partial charge is 0.133 e. The number of aromatic nitrogens is 2. The minimum atomic E-state index is -5.16. The highest BCUT2D eigenvalue weighted by atomic mass is 31.2. The molecule has 6 nitrogen and oxygen atoms in total. The maximum atomic E-state index is 11.0. The van der Waals surface area contributed by atoms with Crippen molar-refractivity contribution in [2.24, 2.45) is 0 Å². The quantitative estimate of drug-likeness (QED) is 0.416. The molecule has 0 aliphatic rings. The van der Waals surface area contributed by atoms with Crippen molar-refractivity contribution in [3.05, 3.63) is 66.9 Å². The molecular weight excluding hydrogens is 339 g/mol. The van der Waals surface area contributed by atoms with Crippen molar-refractivity contribution in [3.8, 4) is 17.0 Å². The Hall–Kier alpha value is -2.79. The van der Waals surface area contributed by atoms with Gasteiger partial charge in [0.1, 0.15) is 13.6 Å². The minimum Gasteiger partial charge on any atom is -0.780 e. The molecule has 0 unspecified atom stereocenters. The van der Waals surface area contributed by atoms with E-state index in [2.05, 4.69) is 14.5 Å². The van der Waals surface area contributed by atoms with Gasteiger partial charge in [-0.05, 0) is 24.3 Å². The Morgan fingerprint density at radius 1 is 0.840 bits per heavy atom. The number of para-hydroxylation sites is 1. The summed E-state index contributed by atoms with van der Waals surface area (Å²) >= 11 is 0. The summed E-state index contributed by atoms with van der Waals surface area (Å²) in [5, 5.41) is 1.86. The van der Waals surface area contributed by atoms with Gasteiger partial charge < -0.3 is 18.9 Å². The summed E-state index contributed by atoms with van der Waals surface area (Å²) in [5.41, 5.74) is 2.36. The Kier molecular flexibility index (Phi) is 3.73. The average Bonchev–Trinajstić information content (AvgIpc) is 2.60. The summed E-state index contributed by atoms with van der Waals surface area (Å²) in [5.74, 6) is -0.0455. The first kappa shape index (κ1) is 15.7. The minimum absolute atomic E-state index is 0.0455. The highest BCUT2D eigenvalue weighted by molar-refractivity contribution is 7.43. The Morgan fingerprint density at radius 2 is 1.56 bits per heavy atom. The van der Waals surface area contributed by atoms with Crippen molar-refractivity contribution < 1.29 is 18.9 Å². The summed E-state index contributed by atoms with van der Waals surface area (Å²) in [6.07, 6.45) is 1.69. The molecule has 0 saturated heterocycles. The van der Waals surface area contributed by atoms with E-state index in [9.17, 15) is 14.4 Å². The highest BCUT2D eigenvalue weighted by Crippen LogP contribution is 2.37. The second-order valence-electron chi connectivity index (χ2n) is 5.44. The van der Waals surface area contributed by atoms with Crippen LogP contribution < -0.4 is 14.3 Å². The number of hydrogen-bond acceptors (Lipinski definition) is 6. The van der Waals surface area contributed by atoms with E-state index in [4.69, 9.17) is 0 Å². The molecule has 4 rings (SSSR count). The van der Waals surface area contributed by atoms with Crippen LogP contribution in [-0.4, -0.2) is 9.97 Å². The lowest BCUT2D eigenvalue weighted by molar-refractivity contribution is -0.333. The van der Waals surface area contributed by atoms with Crippen LogP contribution in [0.15, 0.2) is 66.9 Å². The van der Waals surface area contributed by atoms with Crippen LogP contribution in [0.3, 0.4) is 0 Å². The van der Waals surface area contributed by atoms with Gasteiger partial charge in [0.05, 0.1) is 16.7 Å². The lowest BCUT2D eigenvalue weighted by Crippen LogP contribution is -2.18. The van der Waals surface area contributed by atoms with Gasteiger partial charge in [-0.3, -0.25) is 4.98 Å². The summed E-state index contributed by atoms with van der Waals surface area (Å²) in [4.78, 5) is 31.0. The van der Waals surface area contributed by atoms with E-state index in [0.29, 0.717) is 16.8 Å². The second-order valence-corrected chi connectivity index (χ2v) is 6.52. The van der Waals surface area contributed by atoms with Crippen molar-refractivity contribution in [2.45, 2.75) is 0 Å². The molecule has 124 valence electrons. The molecule has 0 spiro atoms. The third-order valence-electron chi connectivity index (χ3n) is 3.81. The molecule has 0 atom stereocenters. The third-order valence-corrected chi connectivity index (χ3v) is 4.23. The molecular formula is C18H11N2O4P-2. The molecule has 0 bridgehead atoms. The predicted octanol–water partition coefficient (Wildman–Crippen LogP) is 2.66. The van der Waals surface area contributed by atoms with E-state index in [1.807, 2.05) is 30.3 Å². The van der Waals surface area contributed by atoms with Crippen LogP contribution >= 0.6 is 7.82 Å². The van der Waals surface area contributed by atoms with Gasteiger partial charge in [0.2, 0.25) is 0 Å². The lowest BCUT2D eigenvalue weighted by atomic mass is 10.1. The largest absolute Gasteiger partial charge is 0.780 e. The van der Waals surface area contributed by atoms with Gasteiger partial charge in [0, 0.05) is 22.5 Å². The fraction of sp³-hybridized carbons (Fsp3) is 0. The third kappa shape index (κ3) is 3.10. The molecule has 2 aromatic carbocycles. The van der Waals surface area contributed by atoms with Gasteiger partial charge in [0.15, 0.2) is 0 Å². The number of hydrogen-bond donors (Lipinski definition) is 0. The summed E-state index contributed by atoms with van der Waals surface area (Å²) in [6.45, 7) is 0. The molecule has 0 amide bonds. The highest BCUT2D eigenvalue weighted by Gasteiger charge is 2.11. The lowest BCUT2D eigenvalue weighted by Gasteiger charge is -2.30. The van der Waals surface area contributed by atoms with Crippen LogP contribution in [0.4, 0.5) is 0 Å². The molecule has 2 heterocycles. The van der Waals surface area contributed by atoms with Crippen LogP contribution in [0.2, 0.25) is 0 Å². The number of pyridine rings is 2. The summed E-state index contributed by atoms with van der Waals surface area (Å²) in [6, 6.07) is 17.7. The summed E-state index contributed by atoms with van der Waals surface area (Å²) < 4.78 is 15.6. The second kappa shape index (κ2) is 5.93. The molecule has 7 heteroatoms. The van der Waals surface area contributed by atoms with E-state index in [1.54, 1.807) is 30.5 Å². The van der Waals surface area contributed by atoms with Crippen LogP contribution in [0.1, 0.15) is 0 Å². The van der Waals surface area contributed by atoms with Gasteiger partial charge >= 0.3 is 0 Å². The normalized spacial score (nSPS) is 11.8. The number of phosphoric acid groups is 1. The Bertz CT molecular complexity index is 1140. The van der Waals surface area contributed by atoms with E-state index >= 15 is 0 Å². The molecule has 0 radical (unpaired) electrons. The molecule has 0 saturated carbocycles. The van der Waals surface area contributed by atoms with Gasteiger partial charge in [-0.1, -0.05) is 36.4 Å². The van der Waals surface area contributed by atoms with Crippen molar-refractivity contribution in [1.82, 2.24) is 9.97 Å². The SMILES string of the molecule is O=P([O-])([O-])Oc1ccccc1-c1ccc2ccc3cccnc3c2n1. The number of benzene rings is 2. The van der Waals surface area contributed by atoms with Crippen molar-refractivity contribution in [1.29, 1.82) is 0 Å². The maximum absolute atomic E-state index is 11.0. The van der Waals surface area contributed by atoms with Gasteiger partial charge in [-0.15, -0.1) is 0 Å². The van der Waals surface area contributed by atoms with Crippen LogP contribution in [0.5, 0.6) is 5.75 Å². The number of rotatable bonds is 3. The standard InChI is InChI=1S/C18H13N2O4P/c21-25(22,23)24-16-6-2-1-5-14(16)15-10-9-13-8-7-12-4-3-11-19-17(12)18(13)20-15/h1-11H,(H2,21,22,23)/p-2. The molecule has 0 aliphatic carbocycles. The van der Waals surface area contributed by atoms with Gasteiger partial charge in [0.25, 0.3) is 0 Å². The Balaban J connectivity index is 1.94. The van der Waals surface area contributed by atoms with E-state index < -0.39 is 7.82 Å². The Morgan fingerprint density at radius 3 is 2.36 bits per heavy atom. The van der Waals surface area contributed by atoms with Crippen LogP contribution in [0.25, 0.3) is 33.1 Å². The van der Waals surface area contributed by atoms with Crippen LogP contribution in [0, 0.1) is 0 Å². The molecule has 0 aliphatic heterocycles. The topological polar surface area (TPSA) is 98.2 Å². The Labute approximate surface area is 143 Å². The first-order chi connectivity index (χ1) is 12.0. The zero-order chi connectivity index (χ0) is 17.4. The first-order valence-corrected chi connectivity index (χ1v) is 8.93. The van der Waals surface area contributed by atoms with Gasteiger partial charge in [-0.2, -0.15) is 0 Å². The number of fused-ring (bicyclic) bond motifs is 3. The number of nitrogens with zero attached hydrogens (tertiary/aromatic N) is 2. The summed E-state index contributed by atoms with van der Waals surface area (Å²) in [7, 11) is -5.16. The average molecular weight is 350 g/mol. The monoisotopic (exact) mass is 350 g/mol. The van der Waals surface area contributed by atoms with Crippen molar-refractivity contribution in [2.75, 3.05) is 0 Å². The van der Waals surface area contributed by atoms with E-state index in [0.717, 1.165) is 16.3 Å². The molecule has 2 aromatic heterocycles. The van der Waals surface area contributed by atoms with Gasteiger partial charge in [-0.25, -0.2) is 4.98 Å². The molecule has 0 N–H and O–H groups in total. The first-order valence-electron chi connectivity index (χ1n) is 7.47. The van der Waals surface area contributed by atoms with Crippen molar-refractivity contribution in [3.63, 3.8) is 0 Å². The molecule has 4 aromatic rings. The molecule has 25 heavy (non-hydrogen) atoms. The van der Waals surface area contributed by atoms with E-state index in [-0.39, 0.29) is 5.75 Å². The van der Waals surface area contributed by atoms with Crippen molar-refractivity contribution >= 4 is 29.6 Å². The zero-order valence-electron chi connectivity index (χ0n) is 12.8.